The Kier molecular flexibility index (Phi) is 11.6. The molecular weight excluding hydrogens is 230 g/mol. The summed E-state index contributed by atoms with van der Waals surface area (Å²) < 4.78 is 0. The van der Waals surface area contributed by atoms with E-state index in [1.165, 1.54) is 103 Å². The largest absolute Gasteiger partial charge is 0.299 e. The van der Waals surface area contributed by atoms with Gasteiger partial charge in [0.25, 0.3) is 0 Å². The third-order valence-electron chi connectivity index (χ3n) is 4.34. The molecule has 1 radical (unpaired) electrons. The Morgan fingerprint density at radius 2 is 1.16 bits per heavy atom. The van der Waals surface area contributed by atoms with Crippen molar-refractivity contribution in [3.63, 3.8) is 0 Å². The molecule has 0 aromatic rings. The zero-order chi connectivity index (χ0) is 13.6. The fourth-order valence-corrected chi connectivity index (χ4v) is 3.01. The van der Waals surface area contributed by atoms with E-state index < -0.39 is 0 Å². The molecule has 1 saturated heterocycles. The van der Waals surface area contributed by atoms with Gasteiger partial charge in [-0.2, -0.15) is 0 Å². The smallest absolute Gasteiger partial charge is 0.0251 e. The topological polar surface area (TPSA) is 3.24 Å². The summed E-state index contributed by atoms with van der Waals surface area (Å²) >= 11 is 0. The molecule has 0 spiro atoms. The van der Waals surface area contributed by atoms with Crippen LogP contribution in [0.1, 0.15) is 96.8 Å². The van der Waals surface area contributed by atoms with Gasteiger partial charge >= 0.3 is 0 Å². The SMILES string of the molecule is CCCCCCCCCCCCC[CH]N1CCCC1. The van der Waals surface area contributed by atoms with Crippen molar-refractivity contribution in [1.82, 2.24) is 4.90 Å². The number of unbranched alkanes of at least 4 members (excludes halogenated alkanes) is 11. The molecule has 1 aliphatic rings. The lowest BCUT2D eigenvalue weighted by atomic mass is 10.1. The van der Waals surface area contributed by atoms with Crippen LogP contribution in [-0.2, 0) is 0 Å². The maximum absolute atomic E-state index is 2.52. The maximum atomic E-state index is 2.52. The summed E-state index contributed by atoms with van der Waals surface area (Å²) in [6.45, 7) is 7.39. The molecule has 0 aromatic heterocycles. The molecule has 0 aliphatic carbocycles. The van der Waals surface area contributed by atoms with E-state index in [1.54, 1.807) is 0 Å². The average Bonchev–Trinajstić information content (AvgIpc) is 2.93. The van der Waals surface area contributed by atoms with Gasteiger partial charge in [0.2, 0.25) is 0 Å². The molecular formula is C18H36N. The van der Waals surface area contributed by atoms with Crippen molar-refractivity contribution in [2.45, 2.75) is 96.8 Å². The van der Waals surface area contributed by atoms with Crippen molar-refractivity contribution in [3.05, 3.63) is 6.54 Å². The van der Waals surface area contributed by atoms with Crippen molar-refractivity contribution in [3.8, 4) is 0 Å². The van der Waals surface area contributed by atoms with Crippen molar-refractivity contribution in [2.75, 3.05) is 13.1 Å². The lowest BCUT2D eigenvalue weighted by Crippen LogP contribution is -2.15. The van der Waals surface area contributed by atoms with Gasteiger partial charge in [-0.3, -0.25) is 4.90 Å². The molecule has 0 N–H and O–H groups in total. The Bertz CT molecular complexity index is 173. The highest BCUT2D eigenvalue weighted by Gasteiger charge is 2.10. The quantitative estimate of drug-likeness (QED) is 0.373. The zero-order valence-corrected chi connectivity index (χ0v) is 13.3. The molecule has 1 fully saturated rings. The average molecular weight is 266 g/mol. The number of likely N-dealkylation sites (tertiary alicyclic amines) is 1. The second-order valence-corrected chi connectivity index (χ2v) is 6.25. The van der Waals surface area contributed by atoms with Crippen LogP contribution < -0.4 is 0 Å². The third-order valence-corrected chi connectivity index (χ3v) is 4.34. The number of rotatable bonds is 13. The van der Waals surface area contributed by atoms with Gasteiger partial charge in [0.15, 0.2) is 0 Å². The first kappa shape index (κ1) is 17.0. The number of nitrogens with zero attached hydrogens (tertiary/aromatic N) is 1. The van der Waals surface area contributed by atoms with Gasteiger partial charge in [0.05, 0.1) is 0 Å². The van der Waals surface area contributed by atoms with Gasteiger partial charge in [-0.1, -0.05) is 77.6 Å². The van der Waals surface area contributed by atoms with Crippen LogP contribution in [0, 0.1) is 6.54 Å². The van der Waals surface area contributed by atoms with Crippen LogP contribution >= 0.6 is 0 Å². The molecule has 0 amide bonds. The molecule has 0 unspecified atom stereocenters. The molecule has 1 nitrogen and oxygen atoms in total. The molecule has 1 heterocycles. The fourth-order valence-electron chi connectivity index (χ4n) is 3.01. The van der Waals surface area contributed by atoms with Crippen LogP contribution in [0.15, 0.2) is 0 Å². The van der Waals surface area contributed by atoms with E-state index in [-0.39, 0.29) is 0 Å². The van der Waals surface area contributed by atoms with Crippen molar-refractivity contribution in [2.24, 2.45) is 0 Å². The highest BCUT2D eigenvalue weighted by Crippen LogP contribution is 2.15. The molecule has 0 aromatic carbocycles. The summed E-state index contributed by atoms with van der Waals surface area (Å²) in [6, 6.07) is 0. The minimum atomic E-state index is 1.32. The zero-order valence-electron chi connectivity index (χ0n) is 13.3. The van der Waals surface area contributed by atoms with Crippen LogP contribution in [0.25, 0.3) is 0 Å². The van der Waals surface area contributed by atoms with E-state index in [1.807, 2.05) is 0 Å². The molecule has 1 heteroatoms. The first-order valence-electron chi connectivity index (χ1n) is 9.01. The summed E-state index contributed by atoms with van der Waals surface area (Å²) in [5.41, 5.74) is 0. The summed E-state index contributed by atoms with van der Waals surface area (Å²) in [7, 11) is 0. The van der Waals surface area contributed by atoms with Crippen LogP contribution in [0.3, 0.4) is 0 Å². The van der Waals surface area contributed by atoms with Gasteiger partial charge in [0.1, 0.15) is 0 Å². The Labute approximate surface area is 122 Å². The van der Waals surface area contributed by atoms with Gasteiger partial charge in [-0.25, -0.2) is 0 Å². The number of hydrogen-bond acceptors (Lipinski definition) is 1. The van der Waals surface area contributed by atoms with Gasteiger partial charge in [-0.05, 0) is 32.4 Å². The molecule has 0 saturated carbocycles. The van der Waals surface area contributed by atoms with Crippen LogP contribution in [-0.4, -0.2) is 18.0 Å². The molecule has 113 valence electrons. The number of hydrogen-bond donors (Lipinski definition) is 0. The lowest BCUT2D eigenvalue weighted by Gasteiger charge is -2.12. The van der Waals surface area contributed by atoms with E-state index >= 15 is 0 Å². The highest BCUT2D eigenvalue weighted by molar-refractivity contribution is 4.73. The molecule has 19 heavy (non-hydrogen) atoms. The van der Waals surface area contributed by atoms with E-state index in [2.05, 4.69) is 18.4 Å². The fraction of sp³-hybridized carbons (Fsp3) is 0.944. The minimum absolute atomic E-state index is 1.32. The lowest BCUT2D eigenvalue weighted by molar-refractivity contribution is 0.392. The van der Waals surface area contributed by atoms with Gasteiger partial charge in [-0.15, -0.1) is 0 Å². The monoisotopic (exact) mass is 266 g/mol. The van der Waals surface area contributed by atoms with E-state index in [0.717, 1.165) is 0 Å². The Morgan fingerprint density at radius 1 is 0.684 bits per heavy atom. The Morgan fingerprint density at radius 3 is 1.68 bits per heavy atom. The second-order valence-electron chi connectivity index (χ2n) is 6.25. The van der Waals surface area contributed by atoms with Crippen LogP contribution in [0.2, 0.25) is 0 Å². The van der Waals surface area contributed by atoms with Crippen LogP contribution in [0.4, 0.5) is 0 Å². The maximum Gasteiger partial charge on any atom is 0.0251 e. The Balaban J connectivity index is 1.67. The van der Waals surface area contributed by atoms with Crippen molar-refractivity contribution < 1.29 is 0 Å². The van der Waals surface area contributed by atoms with E-state index in [9.17, 15) is 0 Å². The minimum Gasteiger partial charge on any atom is -0.299 e. The first-order chi connectivity index (χ1) is 9.43. The predicted octanol–water partition coefficient (Wildman–Crippen LogP) is 5.95. The second kappa shape index (κ2) is 13.0. The first-order valence-corrected chi connectivity index (χ1v) is 9.01. The van der Waals surface area contributed by atoms with Crippen molar-refractivity contribution in [1.29, 1.82) is 0 Å². The summed E-state index contributed by atoms with van der Waals surface area (Å²) in [6.07, 6.45) is 20.1. The van der Waals surface area contributed by atoms with Gasteiger partial charge < -0.3 is 0 Å². The summed E-state index contributed by atoms with van der Waals surface area (Å²) in [5, 5.41) is 0. The van der Waals surface area contributed by atoms with Crippen molar-refractivity contribution >= 4 is 0 Å². The molecule has 0 atom stereocenters. The summed E-state index contributed by atoms with van der Waals surface area (Å²) in [5.74, 6) is 0. The van der Waals surface area contributed by atoms with E-state index in [4.69, 9.17) is 0 Å². The van der Waals surface area contributed by atoms with Crippen LogP contribution in [0.5, 0.6) is 0 Å². The van der Waals surface area contributed by atoms with Gasteiger partial charge in [0, 0.05) is 6.54 Å². The highest BCUT2D eigenvalue weighted by atomic mass is 15.1. The Hall–Kier alpha value is -0.0400. The molecule has 0 bridgehead atoms. The third kappa shape index (κ3) is 10.4. The standard InChI is InChI=1S/C18H36N/c1-2-3-4-5-6-7-8-9-10-11-12-13-16-19-17-14-15-18-19/h16H,2-15,17-18H2,1H3. The predicted molar refractivity (Wildman–Crippen MR) is 86.2 cm³/mol. The van der Waals surface area contributed by atoms with E-state index in [0.29, 0.717) is 0 Å². The normalized spacial score (nSPS) is 16.3. The summed E-state index contributed by atoms with van der Waals surface area (Å²) in [4.78, 5) is 2.52. The molecule has 1 rings (SSSR count). The molecule has 1 aliphatic heterocycles.